The second-order valence-corrected chi connectivity index (χ2v) is 9.34. The van der Waals surface area contributed by atoms with Crippen molar-refractivity contribution in [2.24, 2.45) is 23.7 Å². The molecular weight excluding hydrogens is 469 g/mol. The third-order valence-corrected chi connectivity index (χ3v) is 7.27. The minimum atomic E-state index is -4.63. The van der Waals surface area contributed by atoms with Crippen LogP contribution in [0.3, 0.4) is 0 Å². The molecule has 5 rings (SSSR count). The Morgan fingerprint density at radius 1 is 1.03 bits per heavy atom. The fraction of sp³-hybridized carbons (Fsp3) is 0.320. The first kappa shape index (κ1) is 22.7. The summed E-state index contributed by atoms with van der Waals surface area (Å²) in [5, 5.41) is 2.35. The van der Waals surface area contributed by atoms with E-state index in [1.165, 1.54) is 0 Å². The van der Waals surface area contributed by atoms with Crippen LogP contribution in [0, 0.1) is 23.7 Å². The van der Waals surface area contributed by atoms with E-state index in [9.17, 15) is 27.6 Å². The van der Waals surface area contributed by atoms with Crippen LogP contribution < -0.4 is 5.32 Å². The molecule has 3 amide bonds. The second-order valence-electron chi connectivity index (χ2n) is 8.93. The first-order chi connectivity index (χ1) is 16.1. The number of likely N-dealkylation sites (tertiary alicyclic amines) is 1. The third kappa shape index (κ3) is 3.79. The molecule has 1 heterocycles. The number of amides is 3. The number of carbonyl (C=O) groups excluding carboxylic acids is 3. The first-order valence-electron chi connectivity index (χ1n) is 10.9. The van der Waals surface area contributed by atoms with Gasteiger partial charge in [-0.1, -0.05) is 54.1 Å². The van der Waals surface area contributed by atoms with E-state index < -0.39 is 47.3 Å². The predicted molar refractivity (Wildman–Crippen MR) is 119 cm³/mol. The highest BCUT2D eigenvalue weighted by atomic mass is 35.5. The Labute approximate surface area is 198 Å². The Bertz CT molecular complexity index is 1170. The number of hydrogen-bond donors (Lipinski definition) is 1. The van der Waals surface area contributed by atoms with Crippen molar-refractivity contribution in [3.05, 3.63) is 76.8 Å². The maximum absolute atomic E-state index is 13.4. The Morgan fingerprint density at radius 3 is 2.24 bits per heavy atom. The van der Waals surface area contributed by atoms with Gasteiger partial charge in [0.05, 0.1) is 28.1 Å². The van der Waals surface area contributed by atoms with Crippen molar-refractivity contribution in [3.63, 3.8) is 0 Å². The SMILES string of the molecule is O=C(Nc1cc(C(F)(F)F)ccc1Cl)[C@H](Cc1ccccc1)N1C(=O)[C@@H]2[C@@H](C1=O)[C@H]1C=C[C@H]2C1. The Morgan fingerprint density at radius 2 is 1.65 bits per heavy atom. The molecule has 2 bridgehead atoms. The summed E-state index contributed by atoms with van der Waals surface area (Å²) in [4.78, 5) is 41.1. The quantitative estimate of drug-likeness (QED) is 0.489. The lowest BCUT2D eigenvalue weighted by molar-refractivity contribution is -0.147. The first-order valence-corrected chi connectivity index (χ1v) is 11.3. The van der Waals surface area contributed by atoms with Gasteiger partial charge in [-0.2, -0.15) is 13.2 Å². The van der Waals surface area contributed by atoms with Gasteiger partial charge in [0.15, 0.2) is 0 Å². The van der Waals surface area contributed by atoms with Gasteiger partial charge < -0.3 is 5.32 Å². The number of nitrogens with zero attached hydrogens (tertiary/aromatic N) is 1. The van der Waals surface area contributed by atoms with Crippen LogP contribution >= 0.6 is 11.6 Å². The molecule has 2 aliphatic carbocycles. The number of nitrogens with one attached hydrogen (secondary N) is 1. The topological polar surface area (TPSA) is 66.5 Å². The Kier molecular flexibility index (Phi) is 5.51. The largest absolute Gasteiger partial charge is 0.416 e. The molecule has 5 atom stereocenters. The summed E-state index contributed by atoms with van der Waals surface area (Å²) >= 11 is 6.06. The minimum Gasteiger partial charge on any atom is -0.323 e. The van der Waals surface area contributed by atoms with E-state index in [4.69, 9.17) is 11.6 Å². The van der Waals surface area contributed by atoms with Crippen LogP contribution in [-0.4, -0.2) is 28.7 Å². The normalized spacial score (nSPS) is 26.2. The van der Waals surface area contributed by atoms with Crippen LogP contribution in [0.4, 0.5) is 18.9 Å². The number of hydrogen-bond acceptors (Lipinski definition) is 3. The van der Waals surface area contributed by atoms with Crippen LogP contribution in [0.2, 0.25) is 5.02 Å². The van der Waals surface area contributed by atoms with Crippen LogP contribution in [0.15, 0.2) is 60.7 Å². The highest BCUT2D eigenvalue weighted by Crippen LogP contribution is 2.53. The number of allylic oxidation sites excluding steroid dienone is 2. The van der Waals surface area contributed by atoms with E-state index in [1.54, 1.807) is 30.3 Å². The summed E-state index contributed by atoms with van der Waals surface area (Å²) in [6.07, 6.45) is 0.0570. The van der Waals surface area contributed by atoms with Gasteiger partial charge in [0.25, 0.3) is 0 Å². The molecule has 2 aromatic carbocycles. The van der Waals surface area contributed by atoms with Crippen LogP contribution in [0.1, 0.15) is 17.5 Å². The number of benzene rings is 2. The lowest BCUT2D eigenvalue weighted by Gasteiger charge is -2.27. The van der Waals surface area contributed by atoms with Crippen molar-refractivity contribution in [2.75, 3.05) is 5.32 Å². The maximum Gasteiger partial charge on any atom is 0.416 e. The summed E-state index contributed by atoms with van der Waals surface area (Å²) in [5.74, 6) is -2.63. The molecule has 9 heteroatoms. The molecule has 0 spiro atoms. The van der Waals surface area contributed by atoms with Gasteiger partial charge in [-0.05, 0) is 42.0 Å². The van der Waals surface area contributed by atoms with E-state index >= 15 is 0 Å². The molecule has 3 aliphatic rings. The van der Waals surface area contributed by atoms with E-state index in [0.29, 0.717) is 5.56 Å². The highest BCUT2D eigenvalue weighted by molar-refractivity contribution is 6.33. The molecule has 0 unspecified atom stereocenters. The van der Waals surface area contributed by atoms with Gasteiger partial charge in [-0.25, -0.2) is 0 Å². The number of fused-ring (bicyclic) bond motifs is 5. The van der Waals surface area contributed by atoms with Gasteiger partial charge in [0.1, 0.15) is 6.04 Å². The van der Waals surface area contributed by atoms with E-state index in [-0.39, 0.29) is 29.0 Å². The zero-order chi connectivity index (χ0) is 24.2. The van der Waals surface area contributed by atoms with Gasteiger partial charge in [0.2, 0.25) is 17.7 Å². The summed E-state index contributed by atoms with van der Waals surface area (Å²) in [7, 11) is 0. The van der Waals surface area contributed by atoms with Crippen molar-refractivity contribution in [1.29, 1.82) is 0 Å². The molecule has 0 aromatic heterocycles. The summed E-state index contributed by atoms with van der Waals surface area (Å²) < 4.78 is 39.5. The average molecular weight is 489 g/mol. The van der Waals surface area contributed by atoms with Gasteiger partial charge in [-0.15, -0.1) is 0 Å². The summed E-state index contributed by atoms with van der Waals surface area (Å²) in [6, 6.07) is 10.2. The van der Waals surface area contributed by atoms with E-state index in [2.05, 4.69) is 5.32 Å². The number of anilines is 1. The predicted octanol–water partition coefficient (Wildman–Crippen LogP) is 4.72. The van der Waals surface area contributed by atoms with Crippen molar-refractivity contribution < 1.29 is 27.6 Å². The molecule has 1 saturated carbocycles. The summed E-state index contributed by atoms with van der Waals surface area (Å²) in [5.41, 5.74) is -0.505. The molecule has 0 radical (unpaired) electrons. The smallest absolute Gasteiger partial charge is 0.323 e. The van der Waals surface area contributed by atoms with Crippen molar-refractivity contribution in [1.82, 2.24) is 4.90 Å². The van der Waals surface area contributed by atoms with Crippen LogP contribution in [-0.2, 0) is 27.0 Å². The highest BCUT2D eigenvalue weighted by Gasteiger charge is 2.61. The Hall–Kier alpha value is -3.13. The molecule has 1 N–H and O–H groups in total. The lowest BCUT2D eigenvalue weighted by Crippen LogP contribution is -2.49. The maximum atomic E-state index is 13.4. The fourth-order valence-corrected chi connectivity index (χ4v) is 5.55. The zero-order valence-electron chi connectivity index (χ0n) is 17.8. The van der Waals surface area contributed by atoms with Crippen LogP contribution in [0.5, 0.6) is 0 Å². The molecule has 34 heavy (non-hydrogen) atoms. The molecule has 5 nitrogen and oxygen atoms in total. The second kappa shape index (κ2) is 8.27. The van der Waals surface area contributed by atoms with Gasteiger partial charge in [0, 0.05) is 6.42 Å². The number of alkyl halides is 3. The number of rotatable bonds is 5. The molecule has 1 saturated heterocycles. The Balaban J connectivity index is 1.47. The fourth-order valence-electron chi connectivity index (χ4n) is 5.38. The third-order valence-electron chi connectivity index (χ3n) is 6.94. The molecule has 2 fully saturated rings. The molecule has 1 aliphatic heterocycles. The number of halogens is 4. The summed E-state index contributed by atoms with van der Waals surface area (Å²) in [6.45, 7) is 0. The molecule has 176 valence electrons. The van der Waals surface area contributed by atoms with E-state index in [1.807, 2.05) is 12.2 Å². The standard InChI is InChI=1S/C25H20ClF3N2O3/c26-17-9-8-16(25(27,28)29)12-18(17)30-22(32)19(10-13-4-2-1-3-5-13)31-23(33)20-14-6-7-15(11-14)21(20)24(31)34/h1-9,12,14-15,19-21H,10-11H2,(H,30,32)/t14-,15-,19-,20-,21-/m0/s1. The van der Waals surface area contributed by atoms with Crippen molar-refractivity contribution >= 4 is 35.0 Å². The average Bonchev–Trinajstić information content (AvgIpc) is 3.47. The zero-order valence-corrected chi connectivity index (χ0v) is 18.5. The van der Waals surface area contributed by atoms with E-state index in [0.717, 1.165) is 29.5 Å². The van der Waals surface area contributed by atoms with Gasteiger partial charge >= 0.3 is 6.18 Å². The number of carbonyl (C=O) groups is 3. The molecule has 2 aromatic rings. The monoisotopic (exact) mass is 488 g/mol. The van der Waals surface area contributed by atoms with Gasteiger partial charge in [-0.3, -0.25) is 19.3 Å². The van der Waals surface area contributed by atoms with Crippen molar-refractivity contribution in [2.45, 2.75) is 25.1 Å². The molecular formula is C25H20ClF3N2O3. The van der Waals surface area contributed by atoms with Crippen LogP contribution in [0.25, 0.3) is 0 Å². The number of imide groups is 1. The minimum absolute atomic E-state index is 0.0307. The lowest BCUT2D eigenvalue weighted by atomic mass is 9.85. The van der Waals surface area contributed by atoms with Crippen molar-refractivity contribution in [3.8, 4) is 0 Å².